The summed E-state index contributed by atoms with van der Waals surface area (Å²) in [4.78, 5) is 21.6. The molecule has 0 N–H and O–H groups in total. The number of hydrogen-bond donors (Lipinski definition) is 0. The van der Waals surface area contributed by atoms with Gasteiger partial charge < -0.3 is 9.64 Å². The highest BCUT2D eigenvalue weighted by Crippen LogP contribution is 2.37. The molecule has 5 heteroatoms. The van der Waals surface area contributed by atoms with Crippen LogP contribution in [0.5, 0.6) is 5.88 Å². The Balaban J connectivity index is 1.28. The molecule has 4 aliphatic rings. The van der Waals surface area contributed by atoms with Crippen molar-refractivity contribution in [3.05, 3.63) is 23.4 Å². The molecular weight excluding hydrogens is 314 g/mol. The van der Waals surface area contributed by atoms with Gasteiger partial charge in [-0.1, -0.05) is 6.42 Å². The van der Waals surface area contributed by atoms with E-state index < -0.39 is 0 Å². The minimum Gasteiger partial charge on any atom is -0.473 e. The highest BCUT2D eigenvalue weighted by molar-refractivity contribution is 5.78. The summed E-state index contributed by atoms with van der Waals surface area (Å²) >= 11 is 0. The number of hydrogen-bond acceptors (Lipinski definition) is 4. The van der Waals surface area contributed by atoms with Gasteiger partial charge in [-0.2, -0.15) is 0 Å². The molecular formula is C20H27N3O2. The molecule has 0 spiro atoms. The van der Waals surface area contributed by atoms with Crippen molar-refractivity contribution in [1.29, 1.82) is 0 Å². The minimum absolute atomic E-state index is 0.243. The van der Waals surface area contributed by atoms with Gasteiger partial charge in [0.25, 0.3) is 0 Å². The molecule has 0 radical (unpaired) electrons. The van der Waals surface area contributed by atoms with Crippen LogP contribution in [0.25, 0.3) is 0 Å². The van der Waals surface area contributed by atoms with Crippen LogP contribution >= 0.6 is 0 Å². The molecule has 1 saturated carbocycles. The van der Waals surface area contributed by atoms with Gasteiger partial charge in [-0.25, -0.2) is 4.98 Å². The Morgan fingerprint density at radius 3 is 2.80 bits per heavy atom. The van der Waals surface area contributed by atoms with Crippen LogP contribution in [-0.4, -0.2) is 52.5 Å². The van der Waals surface area contributed by atoms with Crippen LogP contribution in [0.4, 0.5) is 0 Å². The molecule has 134 valence electrons. The van der Waals surface area contributed by atoms with E-state index in [0.29, 0.717) is 12.3 Å². The molecule has 3 fully saturated rings. The van der Waals surface area contributed by atoms with Crippen LogP contribution in [0.15, 0.2) is 12.1 Å². The van der Waals surface area contributed by atoms with Crippen molar-refractivity contribution in [3.8, 4) is 5.88 Å². The van der Waals surface area contributed by atoms with Crippen LogP contribution in [0.1, 0.15) is 62.2 Å². The van der Waals surface area contributed by atoms with E-state index in [1.165, 1.54) is 31.4 Å². The number of likely N-dealkylation sites (tertiary alicyclic amines) is 1. The highest BCUT2D eigenvalue weighted by Gasteiger charge is 2.35. The van der Waals surface area contributed by atoms with Gasteiger partial charge in [0.15, 0.2) is 0 Å². The van der Waals surface area contributed by atoms with E-state index in [2.05, 4.69) is 15.9 Å². The maximum Gasteiger partial charge on any atom is 0.223 e. The molecule has 1 aromatic heterocycles. The number of ether oxygens (including phenoxy) is 1. The lowest BCUT2D eigenvalue weighted by molar-refractivity contribution is -0.137. The van der Waals surface area contributed by atoms with Crippen molar-refractivity contribution in [2.24, 2.45) is 0 Å². The Morgan fingerprint density at radius 1 is 1.04 bits per heavy atom. The second kappa shape index (κ2) is 6.27. The van der Waals surface area contributed by atoms with Gasteiger partial charge in [0.1, 0.15) is 6.10 Å². The van der Waals surface area contributed by atoms with Gasteiger partial charge in [-0.3, -0.25) is 9.69 Å². The number of rotatable bonds is 3. The zero-order valence-corrected chi connectivity index (χ0v) is 14.8. The van der Waals surface area contributed by atoms with E-state index in [4.69, 9.17) is 9.72 Å². The molecule has 1 aliphatic carbocycles. The zero-order chi connectivity index (χ0) is 16.8. The molecule has 1 unspecified atom stereocenters. The van der Waals surface area contributed by atoms with Crippen molar-refractivity contribution < 1.29 is 9.53 Å². The largest absolute Gasteiger partial charge is 0.473 e. The average Bonchev–Trinajstić information content (AvgIpc) is 3.01. The van der Waals surface area contributed by atoms with Crippen molar-refractivity contribution in [1.82, 2.24) is 14.8 Å². The Morgan fingerprint density at radius 2 is 1.96 bits per heavy atom. The minimum atomic E-state index is 0.243. The zero-order valence-electron chi connectivity index (χ0n) is 14.8. The lowest BCUT2D eigenvalue weighted by Gasteiger charge is -2.40. The van der Waals surface area contributed by atoms with E-state index in [1.54, 1.807) is 0 Å². The number of nitrogens with zero attached hydrogens (tertiary/aromatic N) is 3. The molecule has 4 heterocycles. The summed E-state index contributed by atoms with van der Waals surface area (Å²) < 4.78 is 6.21. The van der Waals surface area contributed by atoms with Crippen molar-refractivity contribution in [2.75, 3.05) is 19.6 Å². The summed E-state index contributed by atoms with van der Waals surface area (Å²) in [6.45, 7) is 3.03. The number of carbonyl (C=O) groups is 1. The van der Waals surface area contributed by atoms with Crippen molar-refractivity contribution in [3.63, 3.8) is 0 Å². The first-order chi connectivity index (χ1) is 12.3. The van der Waals surface area contributed by atoms with Gasteiger partial charge in [0.05, 0.1) is 11.7 Å². The molecule has 1 amide bonds. The first kappa shape index (κ1) is 15.6. The molecule has 0 bridgehead atoms. The van der Waals surface area contributed by atoms with Crippen LogP contribution < -0.4 is 4.74 Å². The smallest absolute Gasteiger partial charge is 0.223 e. The first-order valence-electron chi connectivity index (χ1n) is 9.98. The second-order valence-corrected chi connectivity index (χ2v) is 8.04. The van der Waals surface area contributed by atoms with E-state index in [0.717, 1.165) is 56.4 Å². The fourth-order valence-corrected chi connectivity index (χ4v) is 4.92. The van der Waals surface area contributed by atoms with Crippen LogP contribution in [0.3, 0.4) is 0 Å². The average molecular weight is 341 g/mol. The van der Waals surface area contributed by atoms with Crippen molar-refractivity contribution >= 4 is 5.91 Å². The first-order valence-corrected chi connectivity index (χ1v) is 9.98. The summed E-state index contributed by atoms with van der Waals surface area (Å²) in [6, 6.07) is 5.23. The van der Waals surface area contributed by atoms with E-state index in [-0.39, 0.29) is 12.1 Å². The molecule has 1 aromatic rings. The molecule has 5 rings (SSSR count). The molecule has 2 atom stereocenters. The maximum absolute atomic E-state index is 12.1. The topological polar surface area (TPSA) is 45.7 Å². The van der Waals surface area contributed by atoms with E-state index in [1.807, 2.05) is 6.07 Å². The van der Waals surface area contributed by atoms with Crippen LogP contribution in [0.2, 0.25) is 0 Å². The number of fused-ring (bicyclic) bond motifs is 3. The molecule has 5 nitrogen and oxygen atoms in total. The van der Waals surface area contributed by atoms with Gasteiger partial charge in [-0.05, 0) is 43.7 Å². The van der Waals surface area contributed by atoms with E-state index in [9.17, 15) is 4.79 Å². The molecule has 0 aromatic carbocycles. The lowest BCUT2D eigenvalue weighted by atomic mass is 9.89. The standard InChI is InChI=1S/C20H27N3O2/c24-20-6-2-5-18-16-7-8-19(21-17(16)10-12-23(18)20)25-15-9-11-22(13-15)14-3-1-4-14/h7-8,14-15,18H,1-6,9-13H2/t15-,18?/m1/s1. The Hall–Kier alpha value is -1.62. The van der Waals surface area contributed by atoms with Gasteiger partial charge in [0, 0.05) is 44.6 Å². The summed E-state index contributed by atoms with van der Waals surface area (Å²) in [5.41, 5.74) is 2.39. The number of aromatic nitrogens is 1. The number of amides is 1. The molecule has 3 aliphatic heterocycles. The fourth-order valence-electron chi connectivity index (χ4n) is 4.92. The Bertz CT molecular complexity index is 673. The summed E-state index contributed by atoms with van der Waals surface area (Å²) in [5.74, 6) is 1.08. The third kappa shape index (κ3) is 2.82. The quantitative estimate of drug-likeness (QED) is 0.848. The summed E-state index contributed by atoms with van der Waals surface area (Å²) in [6.07, 6.45) is 9.13. The maximum atomic E-state index is 12.1. The summed E-state index contributed by atoms with van der Waals surface area (Å²) in [7, 11) is 0. The van der Waals surface area contributed by atoms with Crippen molar-refractivity contribution in [2.45, 2.75) is 69.6 Å². The number of carbonyl (C=O) groups excluding carboxylic acids is 1. The van der Waals surface area contributed by atoms with Gasteiger partial charge >= 0.3 is 0 Å². The van der Waals surface area contributed by atoms with Gasteiger partial charge in [-0.15, -0.1) is 0 Å². The van der Waals surface area contributed by atoms with Crippen LogP contribution in [0, 0.1) is 0 Å². The van der Waals surface area contributed by atoms with E-state index >= 15 is 0 Å². The molecule has 2 saturated heterocycles. The lowest BCUT2D eigenvalue weighted by Crippen LogP contribution is -2.43. The molecule has 25 heavy (non-hydrogen) atoms. The third-order valence-electron chi connectivity index (χ3n) is 6.55. The Kier molecular flexibility index (Phi) is 3.92. The van der Waals surface area contributed by atoms with Gasteiger partial charge in [0.2, 0.25) is 11.8 Å². The Labute approximate surface area is 149 Å². The fraction of sp³-hybridized carbons (Fsp3) is 0.700. The summed E-state index contributed by atoms with van der Waals surface area (Å²) in [5, 5.41) is 0. The SMILES string of the molecule is O=C1CCCC2c3ccc(O[C@@H]4CCN(C5CCC5)C4)nc3CCN12. The highest BCUT2D eigenvalue weighted by atomic mass is 16.5. The number of pyridine rings is 1. The third-order valence-corrected chi connectivity index (χ3v) is 6.55. The predicted octanol–water partition coefficient (Wildman–Crippen LogP) is 2.70. The second-order valence-electron chi connectivity index (χ2n) is 8.04. The normalized spacial score (nSPS) is 29.9. The monoisotopic (exact) mass is 341 g/mol. The number of piperidine rings is 1. The predicted molar refractivity (Wildman–Crippen MR) is 94.5 cm³/mol. The van der Waals surface area contributed by atoms with Crippen LogP contribution in [-0.2, 0) is 11.2 Å².